The number of carbonyl (C=O) groups excluding carboxylic acids is 3. The number of anilines is 1. The van der Waals surface area contributed by atoms with Gasteiger partial charge in [-0.15, -0.1) is 11.3 Å². The maximum absolute atomic E-state index is 14.0. The third kappa shape index (κ3) is 5.61. The van der Waals surface area contributed by atoms with Crippen LogP contribution < -0.4 is 10.1 Å². The standard InChI is InChI=1S/C26H23F3N4O6S/c1-5-38-24(35)20-13(3)21(25(36)39-6-2)40-23(20)31-22(34)17-12-19-30-16(14-7-9-15(37-4)10-8-14)11-18(26(27,28)29)33(19)32-17/h7-12H,5-6H2,1-4H3,(H,31,34). The lowest BCUT2D eigenvalue weighted by Crippen LogP contribution is -2.17. The van der Waals surface area contributed by atoms with Crippen LogP contribution in [0.25, 0.3) is 16.9 Å². The van der Waals surface area contributed by atoms with Crippen LogP contribution in [0.15, 0.2) is 36.4 Å². The molecular weight excluding hydrogens is 553 g/mol. The highest BCUT2D eigenvalue weighted by atomic mass is 32.1. The molecule has 0 bridgehead atoms. The average molecular weight is 577 g/mol. The van der Waals surface area contributed by atoms with E-state index in [2.05, 4.69) is 15.4 Å². The van der Waals surface area contributed by atoms with Crippen LogP contribution in [-0.2, 0) is 15.7 Å². The van der Waals surface area contributed by atoms with E-state index in [0.717, 1.165) is 23.5 Å². The number of nitrogens with one attached hydrogen (secondary N) is 1. The highest BCUT2D eigenvalue weighted by Crippen LogP contribution is 2.36. The van der Waals surface area contributed by atoms with Gasteiger partial charge in [0.05, 0.1) is 31.6 Å². The predicted molar refractivity (Wildman–Crippen MR) is 139 cm³/mol. The fourth-order valence-electron chi connectivity index (χ4n) is 3.81. The van der Waals surface area contributed by atoms with E-state index in [9.17, 15) is 27.6 Å². The van der Waals surface area contributed by atoms with Gasteiger partial charge in [-0.05, 0) is 56.7 Å². The fraction of sp³-hybridized carbons (Fsp3) is 0.269. The molecule has 3 heterocycles. The second kappa shape index (κ2) is 11.3. The van der Waals surface area contributed by atoms with Crippen LogP contribution in [0.5, 0.6) is 5.75 Å². The van der Waals surface area contributed by atoms with E-state index >= 15 is 0 Å². The maximum Gasteiger partial charge on any atom is 0.433 e. The van der Waals surface area contributed by atoms with E-state index in [0.29, 0.717) is 15.8 Å². The summed E-state index contributed by atoms with van der Waals surface area (Å²) in [4.78, 5) is 42.5. The monoisotopic (exact) mass is 576 g/mol. The van der Waals surface area contributed by atoms with Crippen molar-refractivity contribution < 1.29 is 41.8 Å². The predicted octanol–water partition coefficient (Wildman–Crippen LogP) is 5.40. The number of halogens is 3. The van der Waals surface area contributed by atoms with Gasteiger partial charge in [0.15, 0.2) is 17.0 Å². The lowest BCUT2D eigenvalue weighted by Gasteiger charge is -2.11. The number of nitrogens with zero attached hydrogens (tertiary/aromatic N) is 3. The number of hydrogen-bond donors (Lipinski definition) is 1. The zero-order valence-corrected chi connectivity index (χ0v) is 22.5. The minimum absolute atomic E-state index is 0.00638. The summed E-state index contributed by atoms with van der Waals surface area (Å²) in [5, 5.41) is 6.28. The second-order valence-corrected chi connectivity index (χ2v) is 9.23. The topological polar surface area (TPSA) is 121 Å². The van der Waals surface area contributed by atoms with Gasteiger partial charge in [0.25, 0.3) is 5.91 Å². The Balaban J connectivity index is 1.76. The van der Waals surface area contributed by atoms with Gasteiger partial charge in [-0.3, -0.25) is 4.79 Å². The molecule has 0 saturated carbocycles. The van der Waals surface area contributed by atoms with E-state index in [1.165, 1.54) is 14.0 Å². The maximum atomic E-state index is 14.0. The van der Waals surface area contributed by atoms with Crippen molar-refractivity contribution >= 4 is 39.8 Å². The second-order valence-electron chi connectivity index (χ2n) is 8.21. The number of aromatic nitrogens is 3. The van der Waals surface area contributed by atoms with Crippen LogP contribution in [-0.4, -0.2) is 52.8 Å². The molecule has 0 aliphatic rings. The molecule has 0 unspecified atom stereocenters. The summed E-state index contributed by atoms with van der Waals surface area (Å²) in [7, 11) is 1.46. The van der Waals surface area contributed by atoms with Crippen LogP contribution in [0.3, 0.4) is 0 Å². The zero-order valence-electron chi connectivity index (χ0n) is 21.7. The van der Waals surface area contributed by atoms with Crippen LogP contribution in [0.1, 0.15) is 55.6 Å². The number of thiophene rings is 1. The number of amides is 1. The molecule has 4 aromatic rings. The van der Waals surface area contributed by atoms with Crippen LogP contribution >= 0.6 is 11.3 Å². The Kier molecular flexibility index (Phi) is 8.09. The largest absolute Gasteiger partial charge is 0.497 e. The minimum atomic E-state index is -4.82. The quantitative estimate of drug-likeness (QED) is 0.277. The Morgan fingerprint density at radius 1 is 1.02 bits per heavy atom. The van der Waals surface area contributed by atoms with E-state index in [4.69, 9.17) is 14.2 Å². The summed E-state index contributed by atoms with van der Waals surface area (Å²) in [6, 6.07) is 8.19. The lowest BCUT2D eigenvalue weighted by molar-refractivity contribution is -0.142. The average Bonchev–Trinajstić information content (AvgIpc) is 3.48. The van der Waals surface area contributed by atoms with Crippen molar-refractivity contribution in [3.63, 3.8) is 0 Å². The molecule has 0 fully saturated rings. The molecule has 0 radical (unpaired) electrons. The molecule has 210 valence electrons. The van der Waals surface area contributed by atoms with Crippen LogP contribution in [0, 0.1) is 6.92 Å². The number of fused-ring (bicyclic) bond motifs is 1. The molecule has 10 nitrogen and oxygen atoms in total. The highest BCUT2D eigenvalue weighted by molar-refractivity contribution is 7.18. The normalized spacial score (nSPS) is 11.4. The Bertz CT molecular complexity index is 1590. The number of esters is 2. The highest BCUT2D eigenvalue weighted by Gasteiger charge is 2.36. The molecule has 40 heavy (non-hydrogen) atoms. The molecule has 3 aromatic heterocycles. The Hall–Kier alpha value is -4.46. The molecule has 4 rings (SSSR count). The van der Waals surface area contributed by atoms with Crippen molar-refractivity contribution in [1.82, 2.24) is 14.6 Å². The number of benzene rings is 1. The minimum Gasteiger partial charge on any atom is -0.497 e. The Labute approximate surface area is 229 Å². The first-order chi connectivity index (χ1) is 19.0. The first kappa shape index (κ1) is 28.5. The molecule has 0 aliphatic carbocycles. The molecule has 14 heteroatoms. The summed E-state index contributed by atoms with van der Waals surface area (Å²) >= 11 is 0.781. The third-order valence-corrected chi connectivity index (χ3v) is 6.84. The van der Waals surface area contributed by atoms with Gasteiger partial charge >= 0.3 is 18.1 Å². The summed E-state index contributed by atoms with van der Waals surface area (Å²) in [5.41, 5.74) is -1.21. The van der Waals surface area contributed by atoms with Crippen molar-refractivity contribution in [3.05, 3.63) is 63.8 Å². The van der Waals surface area contributed by atoms with E-state index in [1.54, 1.807) is 38.1 Å². The molecule has 0 aliphatic heterocycles. The summed E-state index contributed by atoms with van der Waals surface area (Å²) in [6.45, 7) is 4.82. The van der Waals surface area contributed by atoms with Crippen LogP contribution in [0.4, 0.5) is 18.2 Å². The van der Waals surface area contributed by atoms with Crippen molar-refractivity contribution in [2.75, 3.05) is 25.6 Å². The van der Waals surface area contributed by atoms with Crippen molar-refractivity contribution in [3.8, 4) is 17.0 Å². The molecule has 0 spiro atoms. The van der Waals surface area contributed by atoms with Gasteiger partial charge in [0, 0.05) is 11.6 Å². The van der Waals surface area contributed by atoms with Crippen LogP contribution in [0.2, 0.25) is 0 Å². The van der Waals surface area contributed by atoms with Gasteiger partial charge in [-0.2, -0.15) is 18.3 Å². The Morgan fingerprint density at radius 2 is 1.68 bits per heavy atom. The molecule has 1 amide bonds. The molecular formula is C26H23F3N4O6S. The van der Waals surface area contributed by atoms with Crippen molar-refractivity contribution in [2.24, 2.45) is 0 Å². The number of rotatable bonds is 8. The fourth-order valence-corrected chi connectivity index (χ4v) is 4.89. The Morgan fingerprint density at radius 3 is 2.27 bits per heavy atom. The number of methoxy groups -OCH3 is 1. The first-order valence-electron chi connectivity index (χ1n) is 11.9. The smallest absolute Gasteiger partial charge is 0.433 e. The van der Waals surface area contributed by atoms with E-state index in [1.807, 2.05) is 0 Å². The summed E-state index contributed by atoms with van der Waals surface area (Å²) < 4.78 is 57.7. The SMILES string of the molecule is CCOC(=O)c1sc(NC(=O)c2cc3nc(-c4ccc(OC)cc4)cc(C(F)(F)F)n3n2)c(C(=O)OCC)c1C. The van der Waals surface area contributed by atoms with Crippen molar-refractivity contribution in [1.29, 1.82) is 0 Å². The van der Waals surface area contributed by atoms with Gasteiger partial charge in [0.2, 0.25) is 0 Å². The molecule has 0 atom stereocenters. The van der Waals surface area contributed by atoms with Gasteiger partial charge < -0.3 is 19.5 Å². The number of ether oxygens (including phenoxy) is 3. The van der Waals surface area contributed by atoms with Crippen molar-refractivity contribution in [2.45, 2.75) is 26.9 Å². The summed E-state index contributed by atoms with van der Waals surface area (Å²) in [5.74, 6) is -1.90. The van der Waals surface area contributed by atoms with Gasteiger partial charge in [-0.1, -0.05) is 0 Å². The number of carbonyl (C=O) groups is 3. The molecule has 1 aromatic carbocycles. The zero-order chi connectivity index (χ0) is 29.2. The van der Waals surface area contributed by atoms with Gasteiger partial charge in [0.1, 0.15) is 15.6 Å². The molecule has 1 N–H and O–H groups in total. The third-order valence-electron chi connectivity index (χ3n) is 5.65. The number of hydrogen-bond acceptors (Lipinski definition) is 9. The lowest BCUT2D eigenvalue weighted by atomic mass is 10.1. The molecule has 0 saturated heterocycles. The number of alkyl halides is 3. The van der Waals surface area contributed by atoms with E-state index < -0.39 is 35.4 Å². The van der Waals surface area contributed by atoms with Gasteiger partial charge in [-0.25, -0.2) is 19.1 Å². The van der Waals surface area contributed by atoms with E-state index in [-0.39, 0.29) is 45.6 Å². The summed E-state index contributed by atoms with van der Waals surface area (Å²) in [6.07, 6.45) is -4.82. The first-order valence-corrected chi connectivity index (χ1v) is 12.7.